The molecule has 0 saturated carbocycles. The molecule has 4 aliphatic heterocycles. The molecule has 11 nitrogen and oxygen atoms in total. The Hall–Kier alpha value is -3.09. The van der Waals surface area contributed by atoms with Crippen LogP contribution in [0, 0.1) is 40.0 Å². The van der Waals surface area contributed by atoms with Gasteiger partial charge in [0.2, 0.25) is 0 Å². The Kier molecular flexibility index (Phi) is 9.52. The van der Waals surface area contributed by atoms with Crippen molar-refractivity contribution >= 4 is 51.2 Å². The minimum atomic E-state index is -0.0268. The summed E-state index contributed by atoms with van der Waals surface area (Å²) in [6.45, 7) is 9.97. The largest absolute Gasteiger partial charge is 0.529 e. The zero-order chi connectivity index (χ0) is 26.6. The summed E-state index contributed by atoms with van der Waals surface area (Å²) in [5, 5.41) is 18.7. The maximum absolute atomic E-state index is 4.29. The Bertz CT molecular complexity index is 1140. The van der Waals surface area contributed by atoms with Crippen LogP contribution in [-0.4, -0.2) is 79.7 Å². The number of hydrazone groups is 2. The molecule has 0 aromatic heterocycles. The van der Waals surface area contributed by atoms with Crippen LogP contribution in [-0.2, 0) is 20.1 Å². The van der Waals surface area contributed by atoms with Gasteiger partial charge in [-0.3, -0.25) is 0 Å². The van der Waals surface area contributed by atoms with E-state index in [2.05, 4.69) is 45.3 Å². The van der Waals surface area contributed by atoms with Crippen molar-refractivity contribution in [1.29, 1.82) is 0 Å². The molecule has 2 N–H and O–H groups in total. The second-order valence-corrected chi connectivity index (χ2v) is 9.10. The van der Waals surface area contributed by atoms with Gasteiger partial charge < -0.3 is 51.6 Å². The predicted molar refractivity (Wildman–Crippen MR) is 156 cm³/mol. The average molecular weight is 696 g/mol. The van der Waals surface area contributed by atoms with Crippen LogP contribution in [0.4, 0.5) is 11.4 Å². The third kappa shape index (κ3) is 6.56. The number of hydrogen-bond acceptors (Lipinski definition) is 11. The summed E-state index contributed by atoms with van der Waals surface area (Å²) in [6, 6.07) is 17.1. The van der Waals surface area contributed by atoms with Crippen LogP contribution in [0.5, 0.6) is 0 Å². The van der Waals surface area contributed by atoms with E-state index in [1.807, 2.05) is 123 Å². The first-order chi connectivity index (χ1) is 18.4. The van der Waals surface area contributed by atoms with E-state index in [0.29, 0.717) is 0 Å². The van der Waals surface area contributed by atoms with Gasteiger partial charge in [0.05, 0.1) is 12.7 Å². The second-order valence-electron chi connectivity index (χ2n) is 9.10. The van der Waals surface area contributed by atoms with Crippen molar-refractivity contribution in [3.05, 3.63) is 100 Å². The topological polar surface area (TPSA) is 71.5 Å². The monoisotopic (exact) mass is 697 g/mol. The fourth-order valence-electron chi connectivity index (χ4n) is 4.23. The minimum Gasteiger partial charge on any atom is -0.529 e. The Balaban J connectivity index is 0.000000176. The first-order valence-electron chi connectivity index (χ1n) is 12.1. The van der Waals surface area contributed by atoms with Crippen LogP contribution in [0.15, 0.2) is 65.1 Å². The molecule has 2 aromatic carbocycles. The van der Waals surface area contributed by atoms with Crippen LogP contribution < -0.4 is 25.8 Å². The molecular weight excluding hydrogens is 667 g/mol. The number of rotatable bonds is 4. The molecule has 1 saturated heterocycles. The Morgan fingerprint density at radius 3 is 2.05 bits per heavy atom. The Morgan fingerprint density at radius 1 is 0.872 bits per heavy atom. The first-order valence-corrected chi connectivity index (χ1v) is 12.1. The zero-order valence-corrected chi connectivity index (χ0v) is 24.5. The van der Waals surface area contributed by atoms with Gasteiger partial charge in [-0.15, -0.1) is 13.3 Å². The van der Waals surface area contributed by atoms with Crippen molar-refractivity contribution in [1.82, 2.24) is 34.5 Å². The van der Waals surface area contributed by atoms with E-state index in [1.165, 1.54) is 0 Å². The fourth-order valence-corrected chi connectivity index (χ4v) is 4.23. The Labute approximate surface area is 247 Å². The van der Waals surface area contributed by atoms with Crippen molar-refractivity contribution in [2.75, 3.05) is 31.2 Å². The van der Waals surface area contributed by atoms with Gasteiger partial charge >= 0.3 is 7.12 Å². The second kappa shape index (κ2) is 12.8. The molecule has 0 unspecified atom stereocenters. The number of benzene rings is 2. The van der Waals surface area contributed by atoms with Crippen molar-refractivity contribution < 1.29 is 20.1 Å². The summed E-state index contributed by atoms with van der Waals surface area (Å²) in [5.74, 6) is 0. The maximum atomic E-state index is 4.29. The summed E-state index contributed by atoms with van der Waals surface area (Å²) in [7, 11) is 11.9. The van der Waals surface area contributed by atoms with Gasteiger partial charge in [-0.05, 0) is 33.5 Å². The van der Waals surface area contributed by atoms with E-state index in [0.717, 1.165) is 22.4 Å². The molecule has 2 radical (unpaired) electrons. The Morgan fingerprint density at radius 2 is 1.54 bits per heavy atom. The van der Waals surface area contributed by atoms with Crippen LogP contribution in [0.2, 0.25) is 0 Å². The van der Waals surface area contributed by atoms with E-state index >= 15 is 0 Å². The van der Waals surface area contributed by atoms with Gasteiger partial charge in [0, 0.05) is 20.1 Å². The number of nitrogens with one attached hydrogen (secondary N) is 2. The molecule has 15 heteroatoms. The minimum absolute atomic E-state index is 0. The van der Waals surface area contributed by atoms with Crippen molar-refractivity contribution in [2.24, 2.45) is 10.2 Å². The molecule has 0 spiro atoms. The van der Waals surface area contributed by atoms with Crippen molar-refractivity contribution in [3.63, 3.8) is 0 Å². The van der Waals surface area contributed by atoms with E-state index in [4.69, 9.17) is 0 Å². The molecule has 4 heterocycles. The maximum Gasteiger partial charge on any atom is 0.352 e. The summed E-state index contributed by atoms with van der Waals surface area (Å²) >= 11 is 0. The predicted octanol–water partition coefficient (Wildman–Crippen LogP) is 0.320. The standard InChI is InChI=1S/C13H15N6.C11H14B3N5.Ir/c1-11-12(18-9-16(2)7-14-18)5-4-6-13(11)19-10-17(3)8-15-19;1-17-8-9-19(10-17)14-16-12-15-13(18(14)2)11-6-4-3-5-7-11;/h4-10H,1H2,2-3H3;3-6,8-10,15-16H,2H2,1H3;/q2*-3;. The van der Waals surface area contributed by atoms with Crippen LogP contribution in [0.25, 0.3) is 0 Å². The number of anilines is 2. The first kappa shape index (κ1) is 28.9. The van der Waals surface area contributed by atoms with Gasteiger partial charge in [-0.25, -0.2) is 10.2 Å². The van der Waals surface area contributed by atoms with Crippen LogP contribution in [0.3, 0.4) is 0 Å². The van der Waals surface area contributed by atoms with Gasteiger partial charge in [-0.2, -0.15) is 55.0 Å². The normalized spacial score (nSPS) is 18.6. The molecule has 0 bridgehead atoms. The molecule has 6 rings (SSSR count). The van der Waals surface area contributed by atoms with E-state index in [-0.39, 0.29) is 34.2 Å². The van der Waals surface area contributed by atoms with Gasteiger partial charge in [0.1, 0.15) is 0 Å². The SMILES string of the molecule is [CH2-]N1B(c2[c-]cccc2)N[B]NB1N1C=CN(C)[CH-]1.[CH2-]c1c(N2[CH-]N(C)C=N2)cccc1N1[CH-]N(C)C=N1.[Ir]. The van der Waals surface area contributed by atoms with Crippen molar-refractivity contribution in [3.8, 4) is 0 Å². The third-order valence-electron chi connectivity index (χ3n) is 6.14. The number of hydrogen-bond donors (Lipinski definition) is 2. The molecule has 0 amide bonds. The smallest absolute Gasteiger partial charge is 0.352 e. The van der Waals surface area contributed by atoms with Crippen molar-refractivity contribution in [2.45, 2.75) is 0 Å². The molecule has 1 fully saturated rings. The van der Waals surface area contributed by atoms with Gasteiger partial charge in [-0.1, -0.05) is 29.6 Å². The van der Waals surface area contributed by atoms with Crippen LogP contribution in [0.1, 0.15) is 5.56 Å². The summed E-state index contributed by atoms with van der Waals surface area (Å²) in [6.07, 6.45) is 7.52. The summed E-state index contributed by atoms with van der Waals surface area (Å²) < 4.78 is 1.98. The van der Waals surface area contributed by atoms with E-state index in [1.54, 1.807) is 22.7 Å². The van der Waals surface area contributed by atoms with Gasteiger partial charge in [0.15, 0.2) is 0 Å². The molecule has 4 aliphatic rings. The fraction of sp³-hybridized carbons (Fsp3) is 0.125. The average Bonchev–Trinajstić information content (AvgIpc) is 3.67. The summed E-state index contributed by atoms with van der Waals surface area (Å²) in [4.78, 5) is 7.85. The van der Waals surface area contributed by atoms with Crippen LogP contribution >= 0.6 is 0 Å². The quantitative estimate of drug-likeness (QED) is 0.348. The molecule has 204 valence electrons. The van der Waals surface area contributed by atoms with E-state index < -0.39 is 0 Å². The number of nitrogens with zero attached hydrogens (tertiary/aromatic N) is 9. The zero-order valence-electron chi connectivity index (χ0n) is 22.1. The molecule has 0 atom stereocenters. The van der Waals surface area contributed by atoms with Gasteiger partial charge in [0.25, 0.3) is 14.5 Å². The summed E-state index contributed by atoms with van der Waals surface area (Å²) in [5.41, 5.74) is 3.83. The molecular formula is C24H29B3IrN11-6. The third-order valence-corrected chi connectivity index (χ3v) is 6.14. The van der Waals surface area contributed by atoms with E-state index in [9.17, 15) is 0 Å². The molecule has 0 aliphatic carbocycles. The molecule has 39 heavy (non-hydrogen) atoms. The molecule has 2 aromatic rings.